The van der Waals surface area contributed by atoms with E-state index in [2.05, 4.69) is 36.1 Å². The zero-order chi connectivity index (χ0) is 26.2. The van der Waals surface area contributed by atoms with Crippen LogP contribution in [0.15, 0.2) is 64.1 Å². The van der Waals surface area contributed by atoms with Crippen LogP contribution in [-0.4, -0.2) is 42.0 Å². The van der Waals surface area contributed by atoms with Gasteiger partial charge < -0.3 is 15.1 Å². The molecule has 0 saturated carbocycles. The Morgan fingerprint density at radius 1 is 1.08 bits per heavy atom. The Morgan fingerprint density at radius 2 is 1.92 bits per heavy atom. The number of nitrogens with one attached hydrogen (secondary N) is 3. The second-order valence-electron chi connectivity index (χ2n) is 9.07. The van der Waals surface area contributed by atoms with Gasteiger partial charge in [-0.2, -0.15) is 4.68 Å². The lowest BCUT2D eigenvalue weighted by Gasteiger charge is -2.14. The van der Waals surface area contributed by atoms with E-state index in [-0.39, 0.29) is 24.0 Å². The highest BCUT2D eigenvalue weighted by Crippen LogP contribution is 2.32. The Balaban J connectivity index is 1.12. The summed E-state index contributed by atoms with van der Waals surface area (Å²) in [5.41, 5.74) is 3.95. The third-order valence-electron chi connectivity index (χ3n) is 6.52. The first kappa shape index (κ1) is 23.3. The van der Waals surface area contributed by atoms with Crippen LogP contribution in [0.3, 0.4) is 0 Å². The lowest BCUT2D eigenvalue weighted by molar-refractivity contribution is 0.0931. The molecule has 0 aliphatic heterocycles. The topological polar surface area (TPSA) is 161 Å². The fraction of sp³-hybridized carbons (Fsp3) is 0.192. The molecule has 0 saturated heterocycles. The summed E-state index contributed by atoms with van der Waals surface area (Å²) in [5, 5.41) is 16.3. The molecule has 0 unspecified atom stereocenters. The minimum atomic E-state index is -0.426. The number of aryl methyl sites for hydroxylation is 2. The van der Waals surface area contributed by atoms with Gasteiger partial charge in [0.25, 0.3) is 11.8 Å². The van der Waals surface area contributed by atoms with Crippen molar-refractivity contribution in [2.24, 2.45) is 0 Å². The number of carbonyl (C=O) groups excluding carboxylic acids is 2. The van der Waals surface area contributed by atoms with Crippen molar-refractivity contribution in [3.8, 4) is 5.69 Å². The summed E-state index contributed by atoms with van der Waals surface area (Å²) in [7, 11) is 0. The van der Waals surface area contributed by atoms with Crippen LogP contribution in [0.1, 0.15) is 55.9 Å². The van der Waals surface area contributed by atoms with Crippen molar-refractivity contribution in [3.05, 3.63) is 99.2 Å². The van der Waals surface area contributed by atoms with E-state index in [0.29, 0.717) is 12.1 Å². The number of furan rings is 1. The second kappa shape index (κ2) is 9.39. The molecule has 1 aliphatic rings. The monoisotopic (exact) mass is 510 g/mol. The van der Waals surface area contributed by atoms with Crippen LogP contribution in [0, 0.1) is 6.92 Å². The van der Waals surface area contributed by atoms with Crippen molar-refractivity contribution in [3.63, 3.8) is 0 Å². The van der Waals surface area contributed by atoms with Gasteiger partial charge in [-0.05, 0) is 71.1 Å². The maximum absolute atomic E-state index is 13.0. The number of hydrogen-bond donors (Lipinski definition) is 3. The van der Waals surface area contributed by atoms with Crippen LogP contribution in [0.2, 0.25) is 0 Å². The third-order valence-corrected chi connectivity index (χ3v) is 6.52. The van der Waals surface area contributed by atoms with E-state index in [1.807, 2.05) is 43.3 Å². The summed E-state index contributed by atoms with van der Waals surface area (Å²) < 4.78 is 6.82. The van der Waals surface area contributed by atoms with Gasteiger partial charge in [0.2, 0.25) is 0 Å². The largest absolute Gasteiger partial charge is 0.461 e. The molecule has 1 aliphatic carbocycles. The number of nitrogens with zero attached hydrogens (tertiary/aromatic N) is 5. The summed E-state index contributed by atoms with van der Waals surface area (Å²) >= 11 is 0. The summed E-state index contributed by atoms with van der Waals surface area (Å²) in [4.78, 5) is 45.6. The molecule has 0 radical (unpaired) electrons. The SMILES string of the molecule is Cc1cc2ccc(CNC(=O)c3cc(C(=O)N[C@@H]4CCc5cc(-n6nn[nH]c6=O)ccc54)ncn3)cc2o1. The molecule has 2 aromatic carbocycles. The number of amides is 2. The molecule has 190 valence electrons. The maximum Gasteiger partial charge on any atom is 0.365 e. The van der Waals surface area contributed by atoms with Gasteiger partial charge in [0.15, 0.2) is 0 Å². The number of hydrogen-bond acceptors (Lipinski definition) is 8. The number of fused-ring (bicyclic) bond motifs is 2. The molecule has 0 bridgehead atoms. The van der Waals surface area contributed by atoms with Crippen molar-refractivity contribution >= 4 is 22.8 Å². The highest BCUT2D eigenvalue weighted by Gasteiger charge is 2.26. The first-order chi connectivity index (χ1) is 18.4. The van der Waals surface area contributed by atoms with Gasteiger partial charge in [0, 0.05) is 18.0 Å². The molecule has 12 heteroatoms. The van der Waals surface area contributed by atoms with Crippen LogP contribution in [0.4, 0.5) is 0 Å². The van der Waals surface area contributed by atoms with Gasteiger partial charge >= 0.3 is 5.69 Å². The average molecular weight is 511 g/mol. The molecule has 0 spiro atoms. The van der Waals surface area contributed by atoms with E-state index >= 15 is 0 Å². The Hall–Kier alpha value is -5.13. The summed E-state index contributed by atoms with van der Waals surface area (Å²) in [6.07, 6.45) is 2.61. The first-order valence-electron chi connectivity index (χ1n) is 12.0. The number of benzene rings is 2. The minimum absolute atomic E-state index is 0.0922. The highest BCUT2D eigenvalue weighted by molar-refractivity contribution is 5.97. The molecule has 3 heterocycles. The number of tetrazole rings is 1. The molecule has 0 fully saturated rings. The van der Waals surface area contributed by atoms with E-state index in [0.717, 1.165) is 39.8 Å². The number of aromatic nitrogens is 6. The normalized spacial score (nSPS) is 14.4. The first-order valence-corrected chi connectivity index (χ1v) is 12.0. The molecule has 3 aromatic heterocycles. The van der Waals surface area contributed by atoms with Crippen LogP contribution in [0.5, 0.6) is 0 Å². The molecule has 6 rings (SSSR count). The Kier molecular flexibility index (Phi) is 5.75. The van der Waals surface area contributed by atoms with Crippen LogP contribution < -0.4 is 16.3 Å². The quantitative estimate of drug-likeness (QED) is 0.313. The molecule has 2 amide bonds. The zero-order valence-corrected chi connectivity index (χ0v) is 20.3. The molecule has 5 aromatic rings. The van der Waals surface area contributed by atoms with Crippen molar-refractivity contribution < 1.29 is 14.0 Å². The molecule has 1 atom stereocenters. The second-order valence-corrected chi connectivity index (χ2v) is 9.07. The number of H-pyrrole nitrogens is 1. The Labute approximate surface area is 215 Å². The van der Waals surface area contributed by atoms with Gasteiger partial charge in [-0.25, -0.2) is 19.9 Å². The highest BCUT2D eigenvalue weighted by atomic mass is 16.3. The van der Waals surface area contributed by atoms with Gasteiger partial charge in [-0.1, -0.05) is 18.2 Å². The lowest BCUT2D eigenvalue weighted by atomic mass is 10.1. The van der Waals surface area contributed by atoms with Crippen LogP contribution in [-0.2, 0) is 13.0 Å². The van der Waals surface area contributed by atoms with E-state index in [1.54, 1.807) is 6.07 Å². The minimum Gasteiger partial charge on any atom is -0.461 e. The van der Waals surface area contributed by atoms with Crippen molar-refractivity contribution in [1.29, 1.82) is 0 Å². The number of aromatic amines is 1. The maximum atomic E-state index is 13.0. The molecular weight excluding hydrogens is 488 g/mol. The summed E-state index contributed by atoms with van der Waals surface area (Å²) in [5.74, 6) is -0.00374. The zero-order valence-electron chi connectivity index (χ0n) is 20.3. The van der Waals surface area contributed by atoms with Gasteiger partial charge in [0.1, 0.15) is 29.1 Å². The average Bonchev–Trinajstić information content (AvgIpc) is 3.64. The Morgan fingerprint density at radius 3 is 2.74 bits per heavy atom. The summed E-state index contributed by atoms with van der Waals surface area (Å²) in [6.45, 7) is 2.16. The van der Waals surface area contributed by atoms with Crippen molar-refractivity contribution in [2.45, 2.75) is 32.4 Å². The van der Waals surface area contributed by atoms with E-state index in [9.17, 15) is 14.4 Å². The van der Waals surface area contributed by atoms with E-state index in [1.165, 1.54) is 17.1 Å². The number of carbonyl (C=O) groups is 2. The van der Waals surface area contributed by atoms with Crippen molar-refractivity contribution in [2.75, 3.05) is 0 Å². The van der Waals surface area contributed by atoms with Gasteiger partial charge in [-0.3, -0.25) is 9.59 Å². The van der Waals surface area contributed by atoms with Gasteiger partial charge in [-0.15, -0.1) is 0 Å². The summed E-state index contributed by atoms with van der Waals surface area (Å²) in [6, 6.07) is 14.3. The van der Waals surface area contributed by atoms with E-state index < -0.39 is 17.5 Å². The standard InChI is InChI=1S/C26H22N8O4/c1-14-8-17-3-2-15(9-23(17)38-14)12-27-24(35)21-11-22(29-13-28-21)25(36)30-20-7-4-16-10-18(5-6-19(16)20)34-26(37)31-32-33-34/h2-3,5-6,8-11,13,20H,4,7,12H2,1H3,(H,27,35)(H,30,36)(H,31,33,37)/t20-/m1/s1. The van der Waals surface area contributed by atoms with Crippen LogP contribution >= 0.6 is 0 Å². The third kappa shape index (κ3) is 4.43. The molecule has 3 N–H and O–H groups in total. The predicted octanol–water partition coefficient (Wildman–Crippen LogP) is 2.15. The Bertz CT molecular complexity index is 1750. The lowest BCUT2D eigenvalue weighted by Crippen LogP contribution is -2.29. The van der Waals surface area contributed by atoms with Gasteiger partial charge in [0.05, 0.1) is 11.7 Å². The fourth-order valence-corrected chi connectivity index (χ4v) is 4.68. The molecule has 38 heavy (non-hydrogen) atoms. The number of rotatable bonds is 6. The van der Waals surface area contributed by atoms with Crippen molar-refractivity contribution in [1.82, 2.24) is 40.8 Å². The smallest absolute Gasteiger partial charge is 0.365 e. The molecule has 12 nitrogen and oxygen atoms in total. The molecular formula is C26H22N8O4. The van der Waals surface area contributed by atoms with Crippen LogP contribution in [0.25, 0.3) is 16.7 Å². The van der Waals surface area contributed by atoms with E-state index in [4.69, 9.17) is 4.42 Å². The predicted molar refractivity (Wildman–Crippen MR) is 135 cm³/mol. The fourth-order valence-electron chi connectivity index (χ4n) is 4.68.